The van der Waals surface area contributed by atoms with Gasteiger partial charge in [-0.05, 0) is 37.7 Å². The lowest BCUT2D eigenvalue weighted by atomic mass is 9.84. The molecule has 0 spiro atoms. The molecular weight excluding hydrogens is 226 g/mol. The van der Waals surface area contributed by atoms with Crippen LogP contribution < -0.4 is 5.32 Å². The van der Waals surface area contributed by atoms with Gasteiger partial charge in [0.15, 0.2) is 0 Å². The summed E-state index contributed by atoms with van der Waals surface area (Å²) >= 11 is 0. The van der Waals surface area contributed by atoms with E-state index >= 15 is 0 Å². The van der Waals surface area contributed by atoms with Gasteiger partial charge in [-0.15, -0.1) is 0 Å². The van der Waals surface area contributed by atoms with E-state index in [0.717, 1.165) is 5.92 Å². The fourth-order valence-corrected chi connectivity index (χ4v) is 2.77. The third kappa shape index (κ3) is 4.10. The van der Waals surface area contributed by atoms with Crippen LogP contribution in [0.5, 0.6) is 0 Å². The van der Waals surface area contributed by atoms with Crippen molar-refractivity contribution in [2.24, 2.45) is 5.92 Å². The van der Waals surface area contributed by atoms with Crippen molar-refractivity contribution in [2.75, 3.05) is 6.54 Å². The smallest absolute Gasteiger partial charge is 0.0860 e. The molecule has 1 unspecified atom stereocenters. The van der Waals surface area contributed by atoms with Crippen molar-refractivity contribution >= 4 is 0 Å². The molecule has 2 N–H and O–H groups in total. The van der Waals surface area contributed by atoms with Gasteiger partial charge in [-0.3, -0.25) is 4.68 Å². The van der Waals surface area contributed by atoms with Gasteiger partial charge < -0.3 is 10.4 Å². The molecule has 1 aromatic heterocycles. The van der Waals surface area contributed by atoms with Gasteiger partial charge in [0.2, 0.25) is 0 Å². The van der Waals surface area contributed by atoms with Crippen molar-refractivity contribution in [1.29, 1.82) is 0 Å². The zero-order chi connectivity index (χ0) is 12.8. The molecule has 1 saturated carbocycles. The highest BCUT2D eigenvalue weighted by Crippen LogP contribution is 2.26. The van der Waals surface area contributed by atoms with Crippen LogP contribution in [0.15, 0.2) is 18.5 Å². The summed E-state index contributed by atoms with van der Waals surface area (Å²) < 4.78 is 1.78. The molecule has 1 aromatic rings. The summed E-state index contributed by atoms with van der Waals surface area (Å²) in [5, 5.41) is 17.5. The Morgan fingerprint density at radius 3 is 2.78 bits per heavy atom. The molecule has 18 heavy (non-hydrogen) atoms. The highest BCUT2D eigenvalue weighted by Gasteiger charge is 2.20. The Kier molecular flexibility index (Phi) is 5.20. The van der Waals surface area contributed by atoms with Crippen LogP contribution in [0.4, 0.5) is 0 Å². The minimum absolute atomic E-state index is 0.353. The van der Waals surface area contributed by atoms with Crippen molar-refractivity contribution in [3.05, 3.63) is 18.5 Å². The molecule has 0 saturated heterocycles. The van der Waals surface area contributed by atoms with E-state index in [-0.39, 0.29) is 6.10 Å². The molecule has 1 aliphatic carbocycles. The van der Waals surface area contributed by atoms with Gasteiger partial charge >= 0.3 is 0 Å². The Bertz CT molecular complexity index is 318. The molecule has 0 bridgehead atoms. The van der Waals surface area contributed by atoms with Gasteiger partial charge in [-0.1, -0.05) is 13.3 Å². The number of aliphatic hydroxyl groups is 1. The summed E-state index contributed by atoms with van der Waals surface area (Å²) in [6.45, 7) is 3.53. The second kappa shape index (κ2) is 6.90. The Hall–Kier alpha value is -0.870. The largest absolute Gasteiger partial charge is 0.390 e. The summed E-state index contributed by atoms with van der Waals surface area (Å²) in [6.07, 6.45) is 9.78. The van der Waals surface area contributed by atoms with Crippen LogP contribution in [0.3, 0.4) is 0 Å². The van der Waals surface area contributed by atoms with Crippen LogP contribution in [0.25, 0.3) is 0 Å². The first-order valence-electron chi connectivity index (χ1n) is 7.16. The van der Waals surface area contributed by atoms with Crippen molar-refractivity contribution < 1.29 is 5.11 Å². The molecule has 1 fully saturated rings. The van der Waals surface area contributed by atoms with E-state index in [9.17, 15) is 5.11 Å². The fraction of sp³-hybridized carbons (Fsp3) is 0.786. The normalized spacial score (nSPS) is 26.1. The summed E-state index contributed by atoms with van der Waals surface area (Å²) in [5.74, 6) is 0.928. The number of hydrogen-bond acceptors (Lipinski definition) is 3. The van der Waals surface area contributed by atoms with Crippen LogP contribution >= 0.6 is 0 Å². The molecule has 1 heterocycles. The molecule has 0 aromatic carbocycles. The maximum absolute atomic E-state index is 9.93. The number of aromatic nitrogens is 2. The molecule has 0 radical (unpaired) electrons. The fourth-order valence-electron chi connectivity index (χ4n) is 2.77. The van der Waals surface area contributed by atoms with Gasteiger partial charge in [0, 0.05) is 25.0 Å². The second-order valence-electron chi connectivity index (χ2n) is 5.42. The maximum Gasteiger partial charge on any atom is 0.0860 e. The first-order chi connectivity index (χ1) is 8.78. The average Bonchev–Trinajstić information content (AvgIpc) is 2.90. The van der Waals surface area contributed by atoms with Crippen molar-refractivity contribution in [2.45, 2.75) is 57.7 Å². The van der Waals surface area contributed by atoms with E-state index in [0.29, 0.717) is 19.1 Å². The number of aliphatic hydroxyl groups excluding tert-OH is 1. The van der Waals surface area contributed by atoms with Crippen LogP contribution in [0, 0.1) is 5.92 Å². The van der Waals surface area contributed by atoms with Crippen LogP contribution in [0.2, 0.25) is 0 Å². The highest BCUT2D eigenvalue weighted by molar-refractivity contribution is 4.80. The third-order valence-corrected chi connectivity index (χ3v) is 4.02. The lowest BCUT2D eigenvalue weighted by molar-refractivity contribution is 0.137. The van der Waals surface area contributed by atoms with Crippen molar-refractivity contribution in [3.63, 3.8) is 0 Å². The van der Waals surface area contributed by atoms with Crippen LogP contribution in [0.1, 0.15) is 39.0 Å². The SMILES string of the molecule is CCC1CCC(NCC(O)Cn2cccn2)CC1. The molecule has 1 atom stereocenters. The van der Waals surface area contributed by atoms with Crippen LogP contribution in [-0.4, -0.2) is 33.6 Å². The Morgan fingerprint density at radius 1 is 1.39 bits per heavy atom. The van der Waals surface area contributed by atoms with E-state index in [4.69, 9.17) is 0 Å². The lowest BCUT2D eigenvalue weighted by Crippen LogP contribution is -2.39. The average molecular weight is 251 g/mol. The van der Waals surface area contributed by atoms with Gasteiger partial charge in [-0.2, -0.15) is 5.10 Å². The predicted octanol–water partition coefficient (Wildman–Crippen LogP) is 1.80. The monoisotopic (exact) mass is 251 g/mol. The highest BCUT2D eigenvalue weighted by atomic mass is 16.3. The summed E-state index contributed by atoms with van der Waals surface area (Å²) in [5.41, 5.74) is 0. The topological polar surface area (TPSA) is 50.1 Å². The van der Waals surface area contributed by atoms with E-state index in [1.54, 1.807) is 10.9 Å². The molecule has 2 rings (SSSR count). The maximum atomic E-state index is 9.93. The molecular formula is C14H25N3O. The summed E-state index contributed by atoms with van der Waals surface area (Å²) in [4.78, 5) is 0. The van der Waals surface area contributed by atoms with Gasteiger partial charge in [0.25, 0.3) is 0 Å². The summed E-state index contributed by atoms with van der Waals surface area (Å²) in [7, 11) is 0. The van der Waals surface area contributed by atoms with E-state index < -0.39 is 0 Å². The predicted molar refractivity (Wildman–Crippen MR) is 72.3 cm³/mol. The molecule has 102 valence electrons. The molecule has 0 amide bonds. The standard InChI is InChI=1S/C14H25N3O/c1-2-12-4-6-13(7-5-12)15-10-14(18)11-17-9-3-8-16-17/h3,8-9,12-15,18H,2,4-7,10-11H2,1H3. The van der Waals surface area contributed by atoms with E-state index in [2.05, 4.69) is 17.3 Å². The second-order valence-corrected chi connectivity index (χ2v) is 5.42. The first-order valence-corrected chi connectivity index (χ1v) is 7.16. The van der Waals surface area contributed by atoms with Gasteiger partial charge in [0.05, 0.1) is 12.6 Å². The molecule has 4 nitrogen and oxygen atoms in total. The quantitative estimate of drug-likeness (QED) is 0.810. The van der Waals surface area contributed by atoms with Gasteiger partial charge in [0.1, 0.15) is 0 Å². The minimum Gasteiger partial charge on any atom is -0.390 e. The molecule has 1 aliphatic rings. The number of hydrogen-bond donors (Lipinski definition) is 2. The number of nitrogens with one attached hydrogen (secondary N) is 1. The van der Waals surface area contributed by atoms with Gasteiger partial charge in [-0.25, -0.2) is 0 Å². The zero-order valence-electron chi connectivity index (χ0n) is 11.3. The van der Waals surface area contributed by atoms with Crippen LogP contribution in [-0.2, 0) is 6.54 Å². The molecule has 0 aliphatic heterocycles. The van der Waals surface area contributed by atoms with Crippen molar-refractivity contribution in [3.8, 4) is 0 Å². The third-order valence-electron chi connectivity index (χ3n) is 4.02. The number of nitrogens with zero attached hydrogens (tertiary/aromatic N) is 2. The summed E-state index contributed by atoms with van der Waals surface area (Å²) in [6, 6.07) is 2.48. The Balaban J connectivity index is 1.63. The van der Waals surface area contributed by atoms with E-state index in [1.807, 2.05) is 12.3 Å². The zero-order valence-corrected chi connectivity index (χ0v) is 11.3. The lowest BCUT2D eigenvalue weighted by Gasteiger charge is -2.29. The van der Waals surface area contributed by atoms with E-state index in [1.165, 1.54) is 32.1 Å². The minimum atomic E-state index is -0.353. The number of rotatable bonds is 6. The first kappa shape index (κ1) is 13.6. The van der Waals surface area contributed by atoms with Crippen molar-refractivity contribution in [1.82, 2.24) is 15.1 Å². The molecule has 4 heteroatoms. The Labute approximate surface area is 109 Å². The Morgan fingerprint density at radius 2 is 2.17 bits per heavy atom.